The lowest BCUT2D eigenvalue weighted by molar-refractivity contribution is -0.0777. The van der Waals surface area contributed by atoms with E-state index in [1.54, 1.807) is 6.07 Å². The molecule has 3 aliphatic rings. The lowest BCUT2D eigenvalue weighted by Crippen LogP contribution is -2.67. The summed E-state index contributed by atoms with van der Waals surface area (Å²) in [6.45, 7) is 3.85. The lowest BCUT2D eigenvalue weighted by atomic mass is 9.86. The van der Waals surface area contributed by atoms with Crippen molar-refractivity contribution in [2.75, 3.05) is 13.1 Å². The Morgan fingerprint density at radius 1 is 1.13 bits per heavy atom. The van der Waals surface area contributed by atoms with Gasteiger partial charge < -0.3 is 0 Å². The molecule has 2 unspecified atom stereocenters. The van der Waals surface area contributed by atoms with Crippen molar-refractivity contribution in [1.82, 2.24) is 14.8 Å². The van der Waals surface area contributed by atoms with E-state index in [-0.39, 0.29) is 5.82 Å². The van der Waals surface area contributed by atoms with E-state index in [1.165, 1.54) is 18.6 Å². The molecule has 2 atom stereocenters. The van der Waals surface area contributed by atoms with Crippen LogP contribution in [0.2, 0.25) is 5.02 Å². The van der Waals surface area contributed by atoms with Crippen LogP contribution in [0.4, 0.5) is 4.39 Å². The highest BCUT2D eigenvalue weighted by molar-refractivity contribution is 6.31. The number of fused-ring (bicyclic) bond motifs is 2. The fraction of sp³-hybridized carbons (Fsp3) is 0.389. The molecule has 2 bridgehead atoms. The number of rotatable bonds is 4. The van der Waals surface area contributed by atoms with Crippen LogP contribution in [0.5, 0.6) is 0 Å². The van der Waals surface area contributed by atoms with Gasteiger partial charge in [0.1, 0.15) is 5.82 Å². The zero-order valence-corrected chi connectivity index (χ0v) is 13.6. The predicted octanol–water partition coefficient (Wildman–Crippen LogP) is 3.33. The third kappa shape index (κ3) is 3.11. The second kappa shape index (κ2) is 6.19. The van der Waals surface area contributed by atoms with Gasteiger partial charge in [-0.1, -0.05) is 23.7 Å². The Balaban J connectivity index is 1.38. The Bertz CT molecular complexity index is 682. The van der Waals surface area contributed by atoms with Crippen molar-refractivity contribution >= 4 is 11.6 Å². The second-order valence-corrected chi connectivity index (χ2v) is 6.87. The van der Waals surface area contributed by atoms with E-state index in [1.807, 2.05) is 18.3 Å². The summed E-state index contributed by atoms with van der Waals surface area (Å²) in [6, 6.07) is 11.9. The highest BCUT2D eigenvalue weighted by Crippen LogP contribution is 2.35. The van der Waals surface area contributed by atoms with Crippen LogP contribution in [0.1, 0.15) is 17.7 Å². The normalized spacial score (nSPS) is 24.4. The Kier molecular flexibility index (Phi) is 4.05. The standard InChI is InChI=1S/C18H19ClFN3/c19-18-7-14(20)5-4-13(18)9-23-16-8-17(23)12-22(11-16)10-15-3-1-2-6-21-15/h1-7,16-17H,8-12H2. The van der Waals surface area contributed by atoms with Gasteiger partial charge >= 0.3 is 0 Å². The molecule has 23 heavy (non-hydrogen) atoms. The number of nitrogens with zero attached hydrogens (tertiary/aromatic N) is 3. The summed E-state index contributed by atoms with van der Waals surface area (Å²) in [5, 5.41) is 0.528. The first kappa shape index (κ1) is 15.1. The van der Waals surface area contributed by atoms with Crippen LogP contribution in [0.15, 0.2) is 42.6 Å². The number of pyridine rings is 1. The molecule has 5 rings (SSSR count). The fourth-order valence-electron chi connectivity index (χ4n) is 3.73. The number of piperazine rings is 1. The third-order valence-corrected chi connectivity index (χ3v) is 5.25. The summed E-state index contributed by atoms with van der Waals surface area (Å²) < 4.78 is 13.2. The molecular weight excluding hydrogens is 313 g/mol. The third-order valence-electron chi connectivity index (χ3n) is 4.90. The van der Waals surface area contributed by atoms with Crippen LogP contribution in [0.25, 0.3) is 0 Å². The summed E-state index contributed by atoms with van der Waals surface area (Å²) in [5.74, 6) is -0.274. The summed E-state index contributed by atoms with van der Waals surface area (Å²) in [7, 11) is 0. The fourth-order valence-corrected chi connectivity index (χ4v) is 3.96. The van der Waals surface area contributed by atoms with E-state index in [4.69, 9.17) is 11.6 Å². The molecule has 0 N–H and O–H groups in total. The highest BCUT2D eigenvalue weighted by Gasteiger charge is 2.44. The van der Waals surface area contributed by atoms with Gasteiger partial charge in [0.25, 0.3) is 0 Å². The van der Waals surface area contributed by atoms with Gasteiger partial charge in [0.15, 0.2) is 0 Å². The predicted molar refractivity (Wildman–Crippen MR) is 88.7 cm³/mol. The Morgan fingerprint density at radius 3 is 2.65 bits per heavy atom. The number of benzene rings is 1. The van der Waals surface area contributed by atoms with Crippen molar-refractivity contribution < 1.29 is 4.39 Å². The average Bonchev–Trinajstić information content (AvgIpc) is 2.55. The van der Waals surface area contributed by atoms with Crippen LogP contribution in [0, 0.1) is 5.82 Å². The zero-order chi connectivity index (χ0) is 15.8. The Labute approximate surface area is 140 Å². The monoisotopic (exact) mass is 331 g/mol. The largest absolute Gasteiger partial charge is 0.294 e. The average molecular weight is 332 g/mol. The Hall–Kier alpha value is -1.49. The number of halogens is 2. The first-order valence-corrected chi connectivity index (χ1v) is 8.39. The zero-order valence-electron chi connectivity index (χ0n) is 12.8. The maximum absolute atomic E-state index is 13.2. The minimum Gasteiger partial charge on any atom is -0.294 e. The molecular formula is C18H19ClFN3. The topological polar surface area (TPSA) is 19.4 Å². The summed E-state index contributed by atoms with van der Waals surface area (Å²) in [6.07, 6.45) is 3.10. The summed E-state index contributed by atoms with van der Waals surface area (Å²) in [5.41, 5.74) is 2.14. The van der Waals surface area contributed by atoms with E-state index in [0.29, 0.717) is 17.1 Å². The molecule has 2 aromatic rings. The van der Waals surface area contributed by atoms with Gasteiger partial charge in [0, 0.05) is 49.5 Å². The van der Waals surface area contributed by atoms with Crippen molar-refractivity contribution in [2.45, 2.75) is 31.6 Å². The van der Waals surface area contributed by atoms with Crippen LogP contribution in [-0.2, 0) is 13.1 Å². The molecule has 0 spiro atoms. The SMILES string of the molecule is Fc1ccc(CN2C3CC2CN(Cc2ccccn2)C3)c(Cl)c1. The molecule has 3 nitrogen and oxygen atoms in total. The van der Waals surface area contributed by atoms with Crippen molar-refractivity contribution in [3.63, 3.8) is 0 Å². The molecule has 0 saturated carbocycles. The smallest absolute Gasteiger partial charge is 0.124 e. The molecule has 0 amide bonds. The van der Waals surface area contributed by atoms with Gasteiger partial charge in [-0.2, -0.15) is 0 Å². The van der Waals surface area contributed by atoms with Crippen LogP contribution in [0.3, 0.4) is 0 Å². The van der Waals surface area contributed by atoms with Crippen molar-refractivity contribution in [3.8, 4) is 0 Å². The minimum absolute atomic E-state index is 0.274. The van der Waals surface area contributed by atoms with Gasteiger partial charge in [-0.15, -0.1) is 0 Å². The summed E-state index contributed by atoms with van der Waals surface area (Å²) >= 11 is 6.16. The molecule has 3 fully saturated rings. The first-order chi connectivity index (χ1) is 11.2. The number of piperidine rings is 1. The van der Waals surface area contributed by atoms with E-state index < -0.39 is 0 Å². The van der Waals surface area contributed by atoms with Crippen molar-refractivity contribution in [3.05, 3.63) is 64.7 Å². The quantitative estimate of drug-likeness (QED) is 0.856. The number of aromatic nitrogens is 1. The molecule has 120 valence electrons. The molecule has 1 aromatic carbocycles. The van der Waals surface area contributed by atoms with E-state index in [2.05, 4.69) is 20.9 Å². The number of hydrogen-bond acceptors (Lipinski definition) is 3. The van der Waals surface area contributed by atoms with Gasteiger partial charge in [0.2, 0.25) is 0 Å². The maximum Gasteiger partial charge on any atom is 0.124 e. The molecule has 4 heterocycles. The van der Waals surface area contributed by atoms with Crippen LogP contribution < -0.4 is 0 Å². The first-order valence-electron chi connectivity index (χ1n) is 8.01. The lowest BCUT2D eigenvalue weighted by Gasteiger charge is -2.56. The second-order valence-electron chi connectivity index (χ2n) is 6.47. The molecule has 3 aliphatic heterocycles. The summed E-state index contributed by atoms with van der Waals surface area (Å²) in [4.78, 5) is 9.38. The van der Waals surface area contributed by atoms with Crippen LogP contribution in [-0.4, -0.2) is 40.0 Å². The molecule has 5 heteroatoms. The van der Waals surface area contributed by atoms with Gasteiger partial charge in [-0.3, -0.25) is 14.8 Å². The van der Waals surface area contributed by atoms with Gasteiger partial charge in [-0.25, -0.2) is 4.39 Å². The molecule has 1 aromatic heterocycles. The highest BCUT2D eigenvalue weighted by atomic mass is 35.5. The van der Waals surface area contributed by atoms with Gasteiger partial charge in [0.05, 0.1) is 5.69 Å². The number of hydrogen-bond donors (Lipinski definition) is 0. The molecule has 0 aliphatic carbocycles. The Morgan fingerprint density at radius 2 is 1.96 bits per heavy atom. The van der Waals surface area contributed by atoms with E-state index in [0.717, 1.165) is 37.4 Å². The molecule has 3 saturated heterocycles. The maximum atomic E-state index is 13.2. The van der Waals surface area contributed by atoms with E-state index >= 15 is 0 Å². The minimum atomic E-state index is -0.274. The van der Waals surface area contributed by atoms with Gasteiger partial charge in [-0.05, 0) is 36.2 Å². The molecule has 0 radical (unpaired) electrons. The van der Waals surface area contributed by atoms with Crippen molar-refractivity contribution in [2.24, 2.45) is 0 Å². The van der Waals surface area contributed by atoms with E-state index in [9.17, 15) is 4.39 Å². The van der Waals surface area contributed by atoms with Crippen molar-refractivity contribution in [1.29, 1.82) is 0 Å². The van der Waals surface area contributed by atoms with Crippen LogP contribution >= 0.6 is 11.6 Å².